The van der Waals surface area contributed by atoms with Gasteiger partial charge in [-0.1, -0.05) is 12.1 Å². The van der Waals surface area contributed by atoms with E-state index >= 15 is 0 Å². The zero-order chi connectivity index (χ0) is 11.7. The summed E-state index contributed by atoms with van der Waals surface area (Å²) in [5.74, 6) is -1.08. The molecule has 4 heteroatoms. The van der Waals surface area contributed by atoms with Crippen molar-refractivity contribution in [2.75, 3.05) is 7.11 Å². The smallest absolute Gasteiger partial charge is 0.311 e. The third kappa shape index (κ3) is 1.83. The minimum absolute atomic E-state index is 0.0516. The van der Waals surface area contributed by atoms with Gasteiger partial charge in [0.2, 0.25) is 0 Å². The van der Waals surface area contributed by atoms with Crippen molar-refractivity contribution in [2.45, 2.75) is 18.8 Å². The van der Waals surface area contributed by atoms with E-state index in [4.69, 9.17) is 4.74 Å². The first-order valence-electron chi connectivity index (χ1n) is 5.23. The number of para-hydroxylation sites is 1. The number of hydrogen-bond acceptors (Lipinski definition) is 3. The van der Waals surface area contributed by atoms with Crippen LogP contribution in [0.3, 0.4) is 0 Å². The van der Waals surface area contributed by atoms with Crippen molar-refractivity contribution >= 4 is 5.97 Å². The van der Waals surface area contributed by atoms with Gasteiger partial charge in [0.25, 0.3) is 0 Å². The number of aliphatic carboxylic acids is 1. The Morgan fingerprint density at radius 2 is 2.19 bits per heavy atom. The summed E-state index contributed by atoms with van der Waals surface area (Å²) >= 11 is 0. The van der Waals surface area contributed by atoms with E-state index in [1.165, 1.54) is 7.11 Å². The maximum absolute atomic E-state index is 11.2. The molecule has 1 unspecified atom stereocenters. The van der Waals surface area contributed by atoms with E-state index in [1.54, 1.807) is 18.2 Å². The van der Waals surface area contributed by atoms with E-state index in [9.17, 15) is 15.0 Å². The number of carbonyl (C=O) groups is 1. The highest BCUT2D eigenvalue weighted by Crippen LogP contribution is 2.46. The van der Waals surface area contributed by atoms with Gasteiger partial charge in [0.05, 0.1) is 13.0 Å². The van der Waals surface area contributed by atoms with Gasteiger partial charge in [0.1, 0.15) is 0 Å². The zero-order valence-corrected chi connectivity index (χ0v) is 9.01. The molecular weight excluding hydrogens is 208 g/mol. The van der Waals surface area contributed by atoms with Crippen LogP contribution in [-0.4, -0.2) is 23.3 Å². The second-order valence-corrected chi connectivity index (χ2v) is 4.05. The first-order valence-corrected chi connectivity index (χ1v) is 5.23. The molecule has 0 bridgehead atoms. The SMILES string of the molecule is COc1cccc(C(C(=O)O)C2CC2)c1O. The van der Waals surface area contributed by atoms with Crippen molar-refractivity contribution in [1.29, 1.82) is 0 Å². The summed E-state index contributed by atoms with van der Waals surface area (Å²) < 4.78 is 4.97. The lowest BCUT2D eigenvalue weighted by Crippen LogP contribution is -2.14. The largest absolute Gasteiger partial charge is 0.504 e. The Balaban J connectivity index is 2.40. The Kier molecular flexibility index (Phi) is 2.73. The fraction of sp³-hybridized carbons (Fsp3) is 0.417. The summed E-state index contributed by atoms with van der Waals surface area (Å²) in [6.45, 7) is 0. The van der Waals surface area contributed by atoms with Crippen molar-refractivity contribution in [3.8, 4) is 11.5 Å². The normalized spacial score (nSPS) is 16.8. The van der Waals surface area contributed by atoms with E-state index < -0.39 is 11.9 Å². The third-order valence-corrected chi connectivity index (χ3v) is 2.94. The summed E-state index contributed by atoms with van der Waals surface area (Å²) in [7, 11) is 1.45. The van der Waals surface area contributed by atoms with Crippen molar-refractivity contribution in [1.82, 2.24) is 0 Å². The molecule has 0 spiro atoms. The van der Waals surface area contributed by atoms with Crippen LogP contribution in [0.5, 0.6) is 11.5 Å². The quantitative estimate of drug-likeness (QED) is 0.817. The molecule has 1 aromatic carbocycles. The molecular formula is C12H14O4. The van der Waals surface area contributed by atoms with Crippen LogP contribution in [0, 0.1) is 5.92 Å². The zero-order valence-electron chi connectivity index (χ0n) is 9.01. The van der Waals surface area contributed by atoms with E-state index in [-0.39, 0.29) is 11.7 Å². The molecule has 4 nitrogen and oxygen atoms in total. The lowest BCUT2D eigenvalue weighted by Gasteiger charge is -2.14. The van der Waals surface area contributed by atoms with Crippen LogP contribution >= 0.6 is 0 Å². The van der Waals surface area contributed by atoms with Crippen LogP contribution in [0.25, 0.3) is 0 Å². The number of carboxylic acid groups (broad SMARTS) is 1. The molecule has 0 heterocycles. The molecule has 1 aliphatic carbocycles. The van der Waals surface area contributed by atoms with E-state index in [0.29, 0.717) is 11.3 Å². The molecule has 0 radical (unpaired) electrons. The summed E-state index contributed by atoms with van der Waals surface area (Å²) in [4.78, 5) is 11.2. The number of methoxy groups -OCH3 is 1. The number of hydrogen-bond donors (Lipinski definition) is 2. The van der Waals surface area contributed by atoms with Crippen molar-refractivity contribution in [3.63, 3.8) is 0 Å². The number of rotatable bonds is 4. The highest BCUT2D eigenvalue weighted by atomic mass is 16.5. The lowest BCUT2D eigenvalue weighted by atomic mass is 9.93. The van der Waals surface area contributed by atoms with Gasteiger partial charge in [0, 0.05) is 5.56 Å². The molecule has 16 heavy (non-hydrogen) atoms. The monoisotopic (exact) mass is 222 g/mol. The second kappa shape index (κ2) is 4.04. The van der Waals surface area contributed by atoms with Gasteiger partial charge in [0.15, 0.2) is 11.5 Å². The number of phenols is 1. The maximum atomic E-state index is 11.2. The maximum Gasteiger partial charge on any atom is 0.311 e. The molecule has 2 rings (SSSR count). The molecule has 86 valence electrons. The second-order valence-electron chi connectivity index (χ2n) is 4.05. The summed E-state index contributed by atoms with van der Waals surface area (Å²) in [6.07, 6.45) is 1.82. The van der Waals surface area contributed by atoms with Gasteiger partial charge in [-0.05, 0) is 24.8 Å². The van der Waals surface area contributed by atoms with Crippen molar-refractivity contribution < 1.29 is 19.7 Å². The first-order chi connectivity index (χ1) is 7.65. The molecule has 0 aliphatic heterocycles. The Morgan fingerprint density at radius 3 is 2.69 bits per heavy atom. The Hall–Kier alpha value is -1.71. The van der Waals surface area contributed by atoms with Gasteiger partial charge in [-0.2, -0.15) is 0 Å². The number of aromatic hydroxyl groups is 1. The van der Waals surface area contributed by atoms with Crippen LogP contribution in [0.2, 0.25) is 0 Å². The summed E-state index contributed by atoms with van der Waals surface area (Å²) in [6, 6.07) is 4.96. The number of carboxylic acids is 1. The lowest BCUT2D eigenvalue weighted by molar-refractivity contribution is -0.139. The standard InChI is InChI=1S/C12H14O4/c1-16-9-4-2-3-8(11(9)13)10(12(14)15)7-5-6-7/h2-4,7,10,13H,5-6H2,1H3,(H,14,15). The minimum atomic E-state index is -0.883. The van der Waals surface area contributed by atoms with E-state index in [2.05, 4.69) is 0 Å². The Morgan fingerprint density at radius 1 is 1.50 bits per heavy atom. The Bertz CT molecular complexity index is 409. The predicted octanol–water partition coefficient (Wildman–Crippen LogP) is 1.98. The molecule has 1 aliphatic rings. The highest BCUT2D eigenvalue weighted by Gasteiger charge is 2.39. The van der Waals surface area contributed by atoms with Gasteiger partial charge >= 0.3 is 5.97 Å². The average Bonchev–Trinajstić information content (AvgIpc) is 3.05. The molecule has 1 atom stereocenters. The molecule has 1 aromatic rings. The van der Waals surface area contributed by atoms with E-state index in [1.807, 2.05) is 0 Å². The molecule has 0 aromatic heterocycles. The number of phenolic OH excluding ortho intramolecular Hbond substituents is 1. The molecule has 1 fully saturated rings. The fourth-order valence-corrected chi connectivity index (χ4v) is 1.97. The van der Waals surface area contributed by atoms with E-state index in [0.717, 1.165) is 12.8 Å². The van der Waals surface area contributed by atoms with Crippen LogP contribution in [-0.2, 0) is 4.79 Å². The topological polar surface area (TPSA) is 66.8 Å². The van der Waals surface area contributed by atoms with Gasteiger partial charge in [-0.3, -0.25) is 4.79 Å². The number of ether oxygens (including phenoxy) is 1. The van der Waals surface area contributed by atoms with Gasteiger partial charge in [-0.25, -0.2) is 0 Å². The molecule has 2 N–H and O–H groups in total. The van der Waals surface area contributed by atoms with Gasteiger partial charge < -0.3 is 14.9 Å². The predicted molar refractivity (Wildman–Crippen MR) is 57.8 cm³/mol. The van der Waals surface area contributed by atoms with Crippen molar-refractivity contribution in [3.05, 3.63) is 23.8 Å². The molecule has 0 amide bonds. The van der Waals surface area contributed by atoms with Crippen LogP contribution < -0.4 is 4.74 Å². The van der Waals surface area contributed by atoms with Crippen LogP contribution in [0.15, 0.2) is 18.2 Å². The average molecular weight is 222 g/mol. The van der Waals surface area contributed by atoms with Crippen LogP contribution in [0.1, 0.15) is 24.3 Å². The minimum Gasteiger partial charge on any atom is -0.504 e. The number of benzene rings is 1. The first kappa shape index (κ1) is 10.8. The molecule has 1 saturated carbocycles. The highest BCUT2D eigenvalue weighted by molar-refractivity contribution is 5.78. The Labute approximate surface area is 93.5 Å². The molecule has 0 saturated heterocycles. The summed E-state index contributed by atoms with van der Waals surface area (Å²) in [5, 5.41) is 19.1. The summed E-state index contributed by atoms with van der Waals surface area (Å²) in [5.41, 5.74) is 0.453. The van der Waals surface area contributed by atoms with Crippen molar-refractivity contribution in [2.24, 2.45) is 5.92 Å². The third-order valence-electron chi connectivity index (χ3n) is 2.94. The van der Waals surface area contributed by atoms with Gasteiger partial charge in [-0.15, -0.1) is 0 Å². The van der Waals surface area contributed by atoms with Crippen LogP contribution in [0.4, 0.5) is 0 Å². The fourth-order valence-electron chi connectivity index (χ4n) is 1.97.